The lowest BCUT2D eigenvalue weighted by Gasteiger charge is -2.06. The number of benzene rings is 2. The number of fused-ring (bicyclic) bond motifs is 3. The fourth-order valence-electron chi connectivity index (χ4n) is 3.11. The molecule has 0 saturated carbocycles. The van der Waals surface area contributed by atoms with Crippen molar-refractivity contribution in [2.24, 2.45) is 0 Å². The average molecular weight is 362 g/mol. The number of hydrogen-bond donors (Lipinski definition) is 1. The number of carbonyl (C=O) groups is 2. The molecular weight excluding hydrogens is 344 g/mol. The number of carbonyl (C=O) groups excluding carboxylic acids is 2. The van der Waals surface area contributed by atoms with Gasteiger partial charge in [-0.25, -0.2) is 4.98 Å². The van der Waals surface area contributed by atoms with Crippen LogP contribution >= 0.6 is 11.3 Å². The van der Waals surface area contributed by atoms with Crippen LogP contribution in [0.1, 0.15) is 56.7 Å². The second-order valence-corrected chi connectivity index (χ2v) is 7.54. The van der Waals surface area contributed by atoms with Crippen molar-refractivity contribution in [1.29, 1.82) is 0 Å². The molecule has 0 atom stereocenters. The Hall–Kier alpha value is -2.79. The molecule has 1 aromatic heterocycles. The molecular formula is C21H18N2O2S. The van der Waals surface area contributed by atoms with E-state index in [0.29, 0.717) is 29.2 Å². The maximum Gasteiger partial charge on any atom is 0.251 e. The maximum absolute atomic E-state index is 12.6. The zero-order chi connectivity index (χ0) is 18.3. The Kier molecular flexibility index (Phi) is 4.17. The van der Waals surface area contributed by atoms with E-state index in [2.05, 4.69) is 24.1 Å². The van der Waals surface area contributed by atoms with Gasteiger partial charge in [0.25, 0.3) is 5.91 Å². The van der Waals surface area contributed by atoms with E-state index in [1.165, 1.54) is 0 Å². The summed E-state index contributed by atoms with van der Waals surface area (Å²) in [6.45, 7) is 4.58. The summed E-state index contributed by atoms with van der Waals surface area (Å²) in [7, 11) is 0. The lowest BCUT2D eigenvalue weighted by Crippen LogP contribution is -2.23. The first-order chi connectivity index (χ1) is 12.5. The third kappa shape index (κ3) is 2.84. The monoisotopic (exact) mass is 362 g/mol. The highest BCUT2D eigenvalue weighted by atomic mass is 32.1. The molecule has 4 nitrogen and oxygen atoms in total. The lowest BCUT2D eigenvalue weighted by molar-refractivity contribution is 0.0950. The van der Waals surface area contributed by atoms with Gasteiger partial charge in [0.15, 0.2) is 5.78 Å². The van der Waals surface area contributed by atoms with Crippen molar-refractivity contribution in [3.63, 3.8) is 0 Å². The molecule has 1 aliphatic carbocycles. The van der Waals surface area contributed by atoms with Gasteiger partial charge in [-0.1, -0.05) is 44.2 Å². The van der Waals surface area contributed by atoms with Crippen molar-refractivity contribution >= 4 is 23.0 Å². The van der Waals surface area contributed by atoms with Crippen molar-refractivity contribution in [1.82, 2.24) is 10.3 Å². The first kappa shape index (κ1) is 16.7. The topological polar surface area (TPSA) is 59.1 Å². The van der Waals surface area contributed by atoms with E-state index in [1.807, 2.05) is 35.7 Å². The fraction of sp³-hybridized carbons (Fsp3) is 0.190. The smallest absolute Gasteiger partial charge is 0.251 e. The summed E-state index contributed by atoms with van der Waals surface area (Å²) in [5.41, 5.74) is 4.46. The molecule has 1 N–H and O–H groups in total. The van der Waals surface area contributed by atoms with E-state index in [4.69, 9.17) is 0 Å². The first-order valence-corrected chi connectivity index (χ1v) is 9.43. The van der Waals surface area contributed by atoms with Crippen LogP contribution < -0.4 is 5.32 Å². The molecule has 3 aromatic rings. The van der Waals surface area contributed by atoms with Gasteiger partial charge in [0.2, 0.25) is 0 Å². The van der Waals surface area contributed by atoms with E-state index in [9.17, 15) is 9.59 Å². The van der Waals surface area contributed by atoms with Crippen LogP contribution in [0.4, 0.5) is 0 Å². The van der Waals surface area contributed by atoms with Crippen LogP contribution in [0.2, 0.25) is 0 Å². The molecule has 1 amide bonds. The average Bonchev–Trinajstić information content (AvgIpc) is 3.24. The summed E-state index contributed by atoms with van der Waals surface area (Å²) < 4.78 is 0. The number of rotatable bonds is 4. The summed E-state index contributed by atoms with van der Waals surface area (Å²) in [4.78, 5) is 29.6. The minimum absolute atomic E-state index is 0.0219. The van der Waals surface area contributed by atoms with Crippen molar-refractivity contribution in [2.45, 2.75) is 26.3 Å². The standard InChI is InChI=1S/C21H18N2O2S/c1-12(2)21-23-14(11-26-21)10-22-20(25)13-7-8-16-15-5-3-4-6-17(15)19(24)18(16)9-13/h3-9,11-12H,10H2,1-2H3,(H,22,25). The number of aromatic nitrogens is 1. The molecule has 1 aliphatic rings. The van der Waals surface area contributed by atoms with Crippen LogP contribution in [0.15, 0.2) is 47.8 Å². The molecule has 130 valence electrons. The van der Waals surface area contributed by atoms with E-state index in [1.54, 1.807) is 23.5 Å². The number of amides is 1. The molecule has 1 heterocycles. The number of nitrogens with one attached hydrogen (secondary N) is 1. The molecule has 5 heteroatoms. The van der Waals surface area contributed by atoms with Crippen LogP contribution in [-0.4, -0.2) is 16.7 Å². The Labute approximate surface area is 155 Å². The predicted molar refractivity (Wildman–Crippen MR) is 103 cm³/mol. The molecule has 0 saturated heterocycles. The predicted octanol–water partition coefficient (Wildman–Crippen LogP) is 4.41. The highest BCUT2D eigenvalue weighted by molar-refractivity contribution is 7.09. The molecule has 0 spiro atoms. The summed E-state index contributed by atoms with van der Waals surface area (Å²) in [5.74, 6) is 0.163. The van der Waals surface area contributed by atoms with Gasteiger partial charge < -0.3 is 5.32 Å². The molecule has 0 unspecified atom stereocenters. The lowest BCUT2D eigenvalue weighted by atomic mass is 10.0. The number of nitrogens with zero attached hydrogens (tertiary/aromatic N) is 1. The van der Waals surface area contributed by atoms with Gasteiger partial charge >= 0.3 is 0 Å². The third-order valence-electron chi connectivity index (χ3n) is 4.48. The Morgan fingerprint density at radius 3 is 2.54 bits per heavy atom. The van der Waals surface area contributed by atoms with Crippen LogP contribution in [0.25, 0.3) is 11.1 Å². The SMILES string of the molecule is CC(C)c1nc(CNC(=O)c2ccc3c(c2)C(=O)c2ccccc2-3)cs1. The van der Waals surface area contributed by atoms with Crippen molar-refractivity contribution in [3.05, 3.63) is 75.2 Å². The van der Waals surface area contributed by atoms with Crippen molar-refractivity contribution in [3.8, 4) is 11.1 Å². The van der Waals surface area contributed by atoms with Gasteiger partial charge in [0.1, 0.15) is 0 Å². The summed E-state index contributed by atoms with van der Waals surface area (Å²) in [5, 5.41) is 5.92. The molecule has 0 radical (unpaired) electrons. The maximum atomic E-state index is 12.6. The van der Waals surface area contributed by atoms with Gasteiger partial charge in [-0.3, -0.25) is 9.59 Å². The molecule has 4 rings (SSSR count). The second-order valence-electron chi connectivity index (χ2n) is 6.65. The van der Waals surface area contributed by atoms with E-state index >= 15 is 0 Å². The Balaban J connectivity index is 1.52. The number of ketones is 1. The number of hydrogen-bond acceptors (Lipinski definition) is 4. The van der Waals surface area contributed by atoms with Gasteiger partial charge in [-0.15, -0.1) is 11.3 Å². The van der Waals surface area contributed by atoms with Gasteiger partial charge in [-0.05, 0) is 23.3 Å². The normalized spacial score (nSPS) is 12.2. The van der Waals surface area contributed by atoms with Crippen molar-refractivity contribution < 1.29 is 9.59 Å². The minimum atomic E-state index is -0.198. The summed E-state index contributed by atoms with van der Waals surface area (Å²) in [6.07, 6.45) is 0. The first-order valence-electron chi connectivity index (χ1n) is 8.55. The highest BCUT2D eigenvalue weighted by Gasteiger charge is 2.27. The van der Waals surface area contributed by atoms with Crippen molar-refractivity contribution in [2.75, 3.05) is 0 Å². The Morgan fingerprint density at radius 2 is 1.81 bits per heavy atom. The fourth-order valence-corrected chi connectivity index (χ4v) is 3.95. The van der Waals surface area contributed by atoms with Crippen LogP contribution in [-0.2, 0) is 6.54 Å². The van der Waals surface area contributed by atoms with E-state index < -0.39 is 0 Å². The summed E-state index contributed by atoms with van der Waals surface area (Å²) in [6, 6.07) is 12.8. The van der Waals surface area contributed by atoms with Gasteiger partial charge in [0, 0.05) is 28.0 Å². The molecule has 2 aromatic carbocycles. The van der Waals surface area contributed by atoms with Crippen LogP contribution in [0.3, 0.4) is 0 Å². The van der Waals surface area contributed by atoms with Crippen LogP contribution in [0, 0.1) is 0 Å². The quantitative estimate of drug-likeness (QED) is 0.585. The van der Waals surface area contributed by atoms with Gasteiger partial charge in [0.05, 0.1) is 17.2 Å². The largest absolute Gasteiger partial charge is 0.346 e. The zero-order valence-electron chi connectivity index (χ0n) is 14.6. The van der Waals surface area contributed by atoms with E-state index in [-0.39, 0.29) is 11.7 Å². The Morgan fingerprint density at radius 1 is 1.08 bits per heavy atom. The molecule has 0 fully saturated rings. The Bertz CT molecular complexity index is 1020. The second kappa shape index (κ2) is 6.50. The molecule has 0 aliphatic heterocycles. The molecule has 0 bridgehead atoms. The van der Waals surface area contributed by atoms with Crippen LogP contribution in [0.5, 0.6) is 0 Å². The van der Waals surface area contributed by atoms with E-state index in [0.717, 1.165) is 21.8 Å². The third-order valence-corrected chi connectivity index (χ3v) is 5.68. The minimum Gasteiger partial charge on any atom is -0.346 e. The summed E-state index contributed by atoms with van der Waals surface area (Å²) >= 11 is 1.61. The zero-order valence-corrected chi connectivity index (χ0v) is 15.4. The molecule has 26 heavy (non-hydrogen) atoms. The highest BCUT2D eigenvalue weighted by Crippen LogP contribution is 2.36. The van der Waals surface area contributed by atoms with Gasteiger partial charge in [-0.2, -0.15) is 0 Å². The number of thiazole rings is 1.